The van der Waals surface area contributed by atoms with Crippen LogP contribution in [-0.2, 0) is 10.0 Å². The Morgan fingerprint density at radius 2 is 1.52 bits per heavy atom. The lowest BCUT2D eigenvalue weighted by molar-refractivity contribution is 0.0698. The smallest absolute Gasteiger partial charge is 0.337 e. The van der Waals surface area contributed by atoms with Gasteiger partial charge in [-0.1, -0.05) is 54.6 Å². The number of benzene rings is 3. The lowest BCUT2D eigenvalue weighted by Gasteiger charge is -2.10. The largest absolute Gasteiger partial charge is 0.478 e. The fourth-order valence-corrected chi connectivity index (χ4v) is 3.30. The van der Waals surface area contributed by atoms with Crippen molar-refractivity contribution >= 4 is 38.5 Å². The highest BCUT2D eigenvalue weighted by Gasteiger charge is 2.15. The van der Waals surface area contributed by atoms with E-state index in [1.54, 1.807) is 48.5 Å². The van der Waals surface area contributed by atoms with Gasteiger partial charge in [0.1, 0.15) is 0 Å². The van der Waals surface area contributed by atoms with Crippen LogP contribution < -0.4 is 4.72 Å². The van der Waals surface area contributed by atoms with Gasteiger partial charge in [0.2, 0.25) is 0 Å². The number of nitrogens with one attached hydrogen (secondary N) is 1. The Morgan fingerprint density at radius 1 is 0.920 bits per heavy atom. The Hall–Kier alpha value is -3.12. The quantitative estimate of drug-likeness (QED) is 0.727. The molecular weight excluding hydrogens is 338 g/mol. The Balaban J connectivity index is 1.97. The average Bonchev–Trinajstić information content (AvgIpc) is 2.60. The molecule has 0 bridgehead atoms. The van der Waals surface area contributed by atoms with E-state index >= 15 is 0 Å². The third kappa shape index (κ3) is 4.05. The Labute approximate surface area is 145 Å². The van der Waals surface area contributed by atoms with Crippen LogP contribution in [0.25, 0.3) is 16.8 Å². The van der Waals surface area contributed by atoms with Crippen molar-refractivity contribution < 1.29 is 18.3 Å². The maximum absolute atomic E-state index is 12.3. The highest BCUT2D eigenvalue weighted by molar-refractivity contribution is 7.95. The molecule has 0 radical (unpaired) electrons. The topological polar surface area (TPSA) is 83.5 Å². The molecule has 3 aromatic rings. The second kappa shape index (κ2) is 6.78. The minimum absolute atomic E-state index is 0.0314. The summed E-state index contributed by atoms with van der Waals surface area (Å²) in [5, 5.41) is 11.9. The molecule has 0 spiro atoms. The van der Waals surface area contributed by atoms with Gasteiger partial charge in [0.15, 0.2) is 0 Å². The Morgan fingerprint density at radius 3 is 2.16 bits per heavy atom. The molecule has 2 N–H and O–H groups in total. The van der Waals surface area contributed by atoms with E-state index in [1.165, 1.54) is 18.2 Å². The van der Waals surface area contributed by atoms with Gasteiger partial charge in [-0.15, -0.1) is 0 Å². The lowest BCUT2D eigenvalue weighted by Crippen LogP contribution is -2.12. The SMILES string of the molecule is O=C(O)c1cc2ccccc2cc1NS(=O)(=O)/C=C\c1ccccc1. The van der Waals surface area contributed by atoms with Crippen LogP contribution in [0.1, 0.15) is 15.9 Å². The van der Waals surface area contributed by atoms with Crippen molar-refractivity contribution in [1.29, 1.82) is 0 Å². The van der Waals surface area contributed by atoms with E-state index in [9.17, 15) is 18.3 Å². The molecule has 0 saturated carbocycles. The molecule has 3 rings (SSSR count). The second-order valence-corrected chi connectivity index (χ2v) is 6.98. The van der Waals surface area contributed by atoms with E-state index in [2.05, 4.69) is 4.72 Å². The number of anilines is 1. The minimum Gasteiger partial charge on any atom is -0.478 e. The Kier molecular flexibility index (Phi) is 4.54. The third-order valence-electron chi connectivity index (χ3n) is 3.61. The first-order valence-corrected chi connectivity index (χ1v) is 9.01. The Bertz CT molecular complexity index is 1060. The standard InChI is InChI=1S/C19H15NO4S/c21-19(22)17-12-15-8-4-5-9-16(15)13-18(17)20-25(23,24)11-10-14-6-2-1-3-7-14/h1-13,20H,(H,21,22)/b11-10-. The normalized spacial score (nSPS) is 11.7. The highest BCUT2D eigenvalue weighted by Crippen LogP contribution is 2.25. The fraction of sp³-hybridized carbons (Fsp3) is 0. The molecule has 0 aromatic heterocycles. The fourth-order valence-electron chi connectivity index (χ4n) is 2.42. The average molecular weight is 353 g/mol. The number of carbonyl (C=O) groups is 1. The second-order valence-electron chi connectivity index (χ2n) is 5.41. The molecule has 6 heteroatoms. The van der Waals surface area contributed by atoms with Crippen LogP contribution >= 0.6 is 0 Å². The minimum atomic E-state index is -3.85. The van der Waals surface area contributed by atoms with E-state index in [-0.39, 0.29) is 11.3 Å². The first kappa shape index (κ1) is 16.7. The number of rotatable bonds is 5. The van der Waals surface area contributed by atoms with Gasteiger partial charge < -0.3 is 5.11 Å². The number of hydrogen-bond acceptors (Lipinski definition) is 3. The summed E-state index contributed by atoms with van der Waals surface area (Å²) in [5.41, 5.74) is 0.657. The summed E-state index contributed by atoms with van der Waals surface area (Å²) in [4.78, 5) is 11.5. The number of hydrogen-bond donors (Lipinski definition) is 2. The van der Waals surface area contributed by atoms with Crippen molar-refractivity contribution in [2.24, 2.45) is 0 Å². The van der Waals surface area contributed by atoms with Crippen molar-refractivity contribution in [3.63, 3.8) is 0 Å². The van der Waals surface area contributed by atoms with Crippen LogP contribution in [0, 0.1) is 0 Å². The summed E-state index contributed by atoms with van der Waals surface area (Å²) >= 11 is 0. The van der Waals surface area contributed by atoms with Crippen molar-refractivity contribution in [1.82, 2.24) is 0 Å². The van der Waals surface area contributed by atoms with E-state index < -0.39 is 16.0 Å². The molecule has 0 heterocycles. The maximum atomic E-state index is 12.3. The number of fused-ring (bicyclic) bond motifs is 1. The van der Waals surface area contributed by atoms with Gasteiger partial charge in [-0.25, -0.2) is 13.2 Å². The van der Waals surface area contributed by atoms with Crippen LogP contribution in [0.3, 0.4) is 0 Å². The number of sulfonamides is 1. The van der Waals surface area contributed by atoms with E-state index in [1.807, 2.05) is 6.07 Å². The number of carboxylic acids is 1. The zero-order chi connectivity index (χ0) is 17.9. The van der Waals surface area contributed by atoms with Gasteiger partial charge in [-0.2, -0.15) is 0 Å². The predicted octanol–water partition coefficient (Wildman–Crippen LogP) is 3.95. The van der Waals surface area contributed by atoms with Crippen molar-refractivity contribution in [2.45, 2.75) is 0 Å². The molecule has 3 aromatic carbocycles. The maximum Gasteiger partial charge on any atom is 0.337 e. The van der Waals surface area contributed by atoms with Crippen molar-refractivity contribution in [2.75, 3.05) is 4.72 Å². The molecule has 0 amide bonds. The van der Waals surface area contributed by atoms with Crippen LogP contribution in [0.2, 0.25) is 0 Å². The summed E-state index contributed by atoms with van der Waals surface area (Å²) in [7, 11) is -3.85. The lowest BCUT2D eigenvalue weighted by atomic mass is 10.1. The number of aromatic carboxylic acids is 1. The van der Waals surface area contributed by atoms with E-state index in [0.29, 0.717) is 0 Å². The zero-order valence-corrected chi connectivity index (χ0v) is 13.9. The predicted molar refractivity (Wildman–Crippen MR) is 98.9 cm³/mol. The molecule has 25 heavy (non-hydrogen) atoms. The van der Waals surface area contributed by atoms with Crippen molar-refractivity contribution in [3.05, 3.63) is 83.3 Å². The first-order valence-electron chi connectivity index (χ1n) is 7.47. The van der Waals surface area contributed by atoms with Crippen LogP contribution in [0.4, 0.5) is 5.69 Å². The summed E-state index contributed by atoms with van der Waals surface area (Å²) in [5.74, 6) is -1.20. The molecule has 0 unspecified atom stereocenters. The highest BCUT2D eigenvalue weighted by atomic mass is 32.2. The van der Waals surface area contributed by atoms with E-state index in [0.717, 1.165) is 21.7 Å². The molecule has 0 atom stereocenters. The van der Waals surface area contributed by atoms with Crippen LogP contribution in [0.15, 0.2) is 72.1 Å². The first-order chi connectivity index (χ1) is 11.9. The molecule has 5 nitrogen and oxygen atoms in total. The summed E-state index contributed by atoms with van der Waals surface area (Å²) in [6.07, 6.45) is 1.45. The third-order valence-corrected chi connectivity index (χ3v) is 4.61. The summed E-state index contributed by atoms with van der Waals surface area (Å²) in [6, 6.07) is 19.1. The molecule has 0 saturated heterocycles. The molecular formula is C19H15NO4S. The van der Waals surface area contributed by atoms with Gasteiger partial charge in [-0.3, -0.25) is 4.72 Å². The van der Waals surface area contributed by atoms with Gasteiger partial charge in [0, 0.05) is 0 Å². The molecule has 0 fully saturated rings. The van der Waals surface area contributed by atoms with E-state index in [4.69, 9.17) is 0 Å². The van der Waals surface area contributed by atoms with Crippen molar-refractivity contribution in [3.8, 4) is 0 Å². The van der Waals surface area contributed by atoms with Crippen LogP contribution in [0.5, 0.6) is 0 Å². The molecule has 0 aliphatic rings. The molecule has 0 aliphatic heterocycles. The summed E-state index contributed by atoms with van der Waals surface area (Å²) < 4.78 is 26.9. The zero-order valence-electron chi connectivity index (χ0n) is 13.1. The van der Waals surface area contributed by atoms with Gasteiger partial charge in [0.05, 0.1) is 16.7 Å². The van der Waals surface area contributed by atoms with Gasteiger partial charge in [0.25, 0.3) is 10.0 Å². The molecule has 126 valence electrons. The van der Waals surface area contributed by atoms with Gasteiger partial charge >= 0.3 is 5.97 Å². The number of carboxylic acid groups (broad SMARTS) is 1. The van der Waals surface area contributed by atoms with Crippen LogP contribution in [-0.4, -0.2) is 19.5 Å². The molecule has 0 aliphatic carbocycles. The summed E-state index contributed by atoms with van der Waals surface area (Å²) in [6.45, 7) is 0. The van der Waals surface area contributed by atoms with Gasteiger partial charge in [-0.05, 0) is 34.5 Å². The monoisotopic (exact) mass is 353 g/mol.